The van der Waals surface area contributed by atoms with Crippen LogP contribution in [0.1, 0.15) is 56.0 Å². The van der Waals surface area contributed by atoms with Gasteiger partial charge in [-0.3, -0.25) is 4.79 Å². The summed E-state index contributed by atoms with van der Waals surface area (Å²) in [6.45, 7) is 7.01. The molecule has 0 spiro atoms. The summed E-state index contributed by atoms with van der Waals surface area (Å²) in [5, 5.41) is 4.15. The molecule has 5 heteroatoms. The summed E-state index contributed by atoms with van der Waals surface area (Å²) in [5.41, 5.74) is 4.37. The number of rotatable bonds is 5. The first kappa shape index (κ1) is 18.4. The van der Waals surface area contributed by atoms with Crippen molar-refractivity contribution in [1.82, 2.24) is 10.1 Å². The number of carbonyl (C=O) groups excluding carboxylic acids is 1. The lowest BCUT2D eigenvalue weighted by atomic mass is 10.0. The average molecular weight is 375 g/mol. The standard InChI is InChI=1S/C23H25N3O2/c1-4-16-7-5-6-8-20(16)26-14-19(13-21(26)27)23-24-22(25-28-23)18-11-9-17(10-12-18)15(2)3/h5-12,15,19H,4,13-14H2,1-3H3. The lowest BCUT2D eigenvalue weighted by Gasteiger charge is -2.19. The first-order valence-electron chi connectivity index (χ1n) is 9.89. The molecule has 1 aromatic heterocycles. The van der Waals surface area contributed by atoms with Gasteiger partial charge in [0, 0.05) is 24.2 Å². The van der Waals surface area contributed by atoms with Gasteiger partial charge in [-0.2, -0.15) is 4.98 Å². The van der Waals surface area contributed by atoms with Gasteiger partial charge in [0.2, 0.25) is 17.6 Å². The molecular weight excluding hydrogens is 350 g/mol. The molecule has 1 fully saturated rings. The molecule has 1 amide bonds. The summed E-state index contributed by atoms with van der Waals surface area (Å²) in [5.74, 6) is 1.62. The first-order valence-corrected chi connectivity index (χ1v) is 9.89. The van der Waals surface area contributed by atoms with Crippen LogP contribution in [0.5, 0.6) is 0 Å². The van der Waals surface area contributed by atoms with Crippen LogP contribution in [0.4, 0.5) is 5.69 Å². The third-order valence-corrected chi connectivity index (χ3v) is 5.41. The fourth-order valence-electron chi connectivity index (χ4n) is 3.71. The Labute approximate surface area is 165 Å². The number of aryl methyl sites for hydroxylation is 1. The monoisotopic (exact) mass is 375 g/mol. The predicted octanol–water partition coefficient (Wildman–Crippen LogP) is 4.94. The van der Waals surface area contributed by atoms with Crippen molar-refractivity contribution >= 4 is 11.6 Å². The maximum Gasteiger partial charge on any atom is 0.232 e. The van der Waals surface area contributed by atoms with E-state index in [1.54, 1.807) is 0 Å². The molecule has 1 aliphatic rings. The van der Waals surface area contributed by atoms with Crippen molar-refractivity contribution in [2.45, 2.75) is 45.4 Å². The van der Waals surface area contributed by atoms with Crippen LogP contribution in [-0.4, -0.2) is 22.6 Å². The van der Waals surface area contributed by atoms with Gasteiger partial charge in [0.05, 0.1) is 5.92 Å². The van der Waals surface area contributed by atoms with Crippen LogP contribution in [0.3, 0.4) is 0 Å². The van der Waals surface area contributed by atoms with Gasteiger partial charge in [0.25, 0.3) is 0 Å². The summed E-state index contributed by atoms with van der Waals surface area (Å²) < 4.78 is 5.53. The number of amides is 1. The van der Waals surface area contributed by atoms with Gasteiger partial charge in [-0.25, -0.2) is 0 Å². The summed E-state index contributed by atoms with van der Waals surface area (Å²) in [7, 11) is 0. The highest BCUT2D eigenvalue weighted by Crippen LogP contribution is 2.33. The summed E-state index contributed by atoms with van der Waals surface area (Å²) >= 11 is 0. The van der Waals surface area contributed by atoms with Crippen molar-refractivity contribution in [2.24, 2.45) is 0 Å². The van der Waals surface area contributed by atoms with Crippen molar-refractivity contribution in [3.8, 4) is 11.4 Å². The van der Waals surface area contributed by atoms with E-state index in [1.807, 2.05) is 35.2 Å². The molecule has 5 nitrogen and oxygen atoms in total. The highest BCUT2D eigenvalue weighted by atomic mass is 16.5. The Bertz CT molecular complexity index is 976. The normalized spacial score (nSPS) is 16.9. The smallest absolute Gasteiger partial charge is 0.232 e. The summed E-state index contributed by atoms with van der Waals surface area (Å²) in [6, 6.07) is 16.3. The minimum Gasteiger partial charge on any atom is -0.339 e. The van der Waals surface area contributed by atoms with Crippen molar-refractivity contribution in [3.63, 3.8) is 0 Å². The van der Waals surface area contributed by atoms with Gasteiger partial charge in [0.1, 0.15) is 0 Å². The molecule has 0 bridgehead atoms. The molecular formula is C23H25N3O2. The lowest BCUT2D eigenvalue weighted by molar-refractivity contribution is -0.117. The van der Waals surface area contributed by atoms with Crippen molar-refractivity contribution in [2.75, 3.05) is 11.4 Å². The number of para-hydroxylation sites is 1. The molecule has 1 aliphatic heterocycles. The third-order valence-electron chi connectivity index (χ3n) is 5.41. The van der Waals surface area contributed by atoms with Crippen LogP contribution in [0.15, 0.2) is 53.1 Å². The maximum atomic E-state index is 12.6. The number of carbonyl (C=O) groups is 1. The van der Waals surface area contributed by atoms with E-state index in [9.17, 15) is 4.79 Å². The Morgan fingerprint density at radius 3 is 2.61 bits per heavy atom. The summed E-state index contributed by atoms with van der Waals surface area (Å²) in [4.78, 5) is 19.1. The number of hydrogen-bond acceptors (Lipinski definition) is 4. The fourth-order valence-corrected chi connectivity index (χ4v) is 3.71. The Morgan fingerprint density at radius 2 is 1.89 bits per heavy atom. The van der Waals surface area contributed by atoms with Crippen molar-refractivity contribution < 1.29 is 9.32 Å². The van der Waals surface area contributed by atoms with Gasteiger partial charge >= 0.3 is 0 Å². The van der Waals surface area contributed by atoms with Crippen LogP contribution >= 0.6 is 0 Å². The van der Waals surface area contributed by atoms with Crippen molar-refractivity contribution in [1.29, 1.82) is 0 Å². The van der Waals surface area contributed by atoms with Crippen LogP contribution in [-0.2, 0) is 11.2 Å². The zero-order valence-electron chi connectivity index (χ0n) is 16.6. The quantitative estimate of drug-likeness (QED) is 0.633. The van der Waals surface area contributed by atoms with E-state index in [0.717, 1.165) is 17.7 Å². The van der Waals surface area contributed by atoms with Crippen LogP contribution < -0.4 is 4.90 Å². The minimum atomic E-state index is -0.0754. The average Bonchev–Trinajstić information content (AvgIpc) is 3.35. The third kappa shape index (κ3) is 3.44. The van der Waals surface area contributed by atoms with Crippen LogP contribution in [0.2, 0.25) is 0 Å². The van der Waals surface area contributed by atoms with E-state index in [4.69, 9.17) is 4.52 Å². The minimum absolute atomic E-state index is 0.0754. The molecule has 2 aromatic carbocycles. The van der Waals surface area contributed by atoms with E-state index >= 15 is 0 Å². The van der Waals surface area contributed by atoms with E-state index < -0.39 is 0 Å². The molecule has 0 radical (unpaired) electrons. The second kappa shape index (κ2) is 7.58. The Kier molecular flexibility index (Phi) is 4.99. The first-order chi connectivity index (χ1) is 13.6. The van der Waals surface area contributed by atoms with Crippen molar-refractivity contribution in [3.05, 3.63) is 65.5 Å². The SMILES string of the molecule is CCc1ccccc1N1CC(c2nc(-c3ccc(C(C)C)cc3)no2)CC1=O. The molecule has 0 saturated carbocycles. The maximum absolute atomic E-state index is 12.6. The number of aromatic nitrogens is 2. The number of nitrogens with zero attached hydrogens (tertiary/aromatic N) is 3. The zero-order chi connectivity index (χ0) is 19.7. The second-order valence-corrected chi connectivity index (χ2v) is 7.62. The van der Waals surface area contributed by atoms with Gasteiger partial charge in [0.15, 0.2) is 0 Å². The molecule has 1 atom stereocenters. The molecule has 1 saturated heterocycles. The Balaban J connectivity index is 1.54. The van der Waals surface area contributed by atoms with Gasteiger partial charge in [-0.1, -0.05) is 68.4 Å². The van der Waals surface area contributed by atoms with E-state index in [1.165, 1.54) is 11.1 Å². The molecule has 28 heavy (non-hydrogen) atoms. The molecule has 144 valence electrons. The lowest BCUT2D eigenvalue weighted by Crippen LogP contribution is -2.25. The summed E-state index contributed by atoms with van der Waals surface area (Å²) in [6.07, 6.45) is 1.29. The van der Waals surface area contributed by atoms with E-state index in [-0.39, 0.29) is 11.8 Å². The van der Waals surface area contributed by atoms with Crippen LogP contribution in [0, 0.1) is 0 Å². The van der Waals surface area contributed by atoms with Crippen LogP contribution in [0.25, 0.3) is 11.4 Å². The molecule has 2 heterocycles. The van der Waals surface area contributed by atoms with Gasteiger partial charge in [-0.05, 0) is 29.5 Å². The molecule has 0 aliphatic carbocycles. The zero-order valence-corrected chi connectivity index (χ0v) is 16.6. The van der Waals surface area contributed by atoms with Gasteiger partial charge < -0.3 is 9.42 Å². The Hall–Kier alpha value is -2.95. The topological polar surface area (TPSA) is 59.2 Å². The number of anilines is 1. The molecule has 0 N–H and O–H groups in total. The fraction of sp³-hybridized carbons (Fsp3) is 0.348. The molecule has 4 rings (SSSR count). The molecule has 3 aromatic rings. The molecule has 1 unspecified atom stereocenters. The number of hydrogen-bond donors (Lipinski definition) is 0. The highest BCUT2D eigenvalue weighted by Gasteiger charge is 2.35. The predicted molar refractivity (Wildman–Crippen MR) is 109 cm³/mol. The number of benzene rings is 2. The van der Waals surface area contributed by atoms with Gasteiger partial charge in [-0.15, -0.1) is 0 Å². The highest BCUT2D eigenvalue weighted by molar-refractivity contribution is 5.97. The van der Waals surface area contributed by atoms with E-state index in [0.29, 0.717) is 30.6 Å². The second-order valence-electron chi connectivity index (χ2n) is 7.62. The largest absolute Gasteiger partial charge is 0.339 e. The Morgan fingerprint density at radius 1 is 1.14 bits per heavy atom. The van der Waals surface area contributed by atoms with E-state index in [2.05, 4.69) is 49.1 Å².